The third-order valence-corrected chi connectivity index (χ3v) is 3.10. The molecule has 1 heterocycles. The fourth-order valence-corrected chi connectivity index (χ4v) is 2.20. The molecule has 106 valence electrons. The van der Waals surface area contributed by atoms with Gasteiger partial charge in [0.2, 0.25) is 5.91 Å². The zero-order chi connectivity index (χ0) is 13.8. The Bertz CT molecular complexity index is 276. The van der Waals surface area contributed by atoms with E-state index in [-0.39, 0.29) is 23.5 Å². The second-order valence-corrected chi connectivity index (χ2v) is 6.22. The van der Waals surface area contributed by atoms with E-state index < -0.39 is 6.10 Å². The first-order valence-corrected chi connectivity index (χ1v) is 6.54. The van der Waals surface area contributed by atoms with Crippen molar-refractivity contribution >= 4 is 5.91 Å². The van der Waals surface area contributed by atoms with Crippen molar-refractivity contribution in [1.29, 1.82) is 0 Å². The SMILES string of the molecule is COC1CNC(C(=O)NCC(O)CC(C)(C)C)C1. The Labute approximate surface area is 109 Å². The maximum Gasteiger partial charge on any atom is 0.237 e. The van der Waals surface area contributed by atoms with E-state index in [1.165, 1.54) is 0 Å². The molecule has 1 rings (SSSR count). The summed E-state index contributed by atoms with van der Waals surface area (Å²) in [6.45, 7) is 7.23. The lowest BCUT2D eigenvalue weighted by atomic mass is 9.89. The van der Waals surface area contributed by atoms with Crippen LogP contribution in [-0.2, 0) is 9.53 Å². The van der Waals surface area contributed by atoms with Crippen LogP contribution < -0.4 is 10.6 Å². The summed E-state index contributed by atoms with van der Waals surface area (Å²) in [6, 6.07) is -0.197. The Kier molecular flexibility index (Phi) is 5.56. The van der Waals surface area contributed by atoms with Gasteiger partial charge in [0.25, 0.3) is 0 Å². The van der Waals surface area contributed by atoms with E-state index in [1.807, 2.05) is 0 Å². The second-order valence-electron chi connectivity index (χ2n) is 6.22. The van der Waals surface area contributed by atoms with Gasteiger partial charge in [-0.25, -0.2) is 0 Å². The molecule has 0 spiro atoms. The van der Waals surface area contributed by atoms with Crippen molar-refractivity contribution < 1.29 is 14.6 Å². The normalized spacial score (nSPS) is 26.1. The maximum atomic E-state index is 11.8. The molecule has 0 aromatic carbocycles. The molecule has 18 heavy (non-hydrogen) atoms. The Morgan fingerprint density at radius 2 is 2.22 bits per heavy atom. The summed E-state index contributed by atoms with van der Waals surface area (Å²) < 4.78 is 5.19. The first kappa shape index (κ1) is 15.4. The van der Waals surface area contributed by atoms with Crippen molar-refractivity contribution in [2.24, 2.45) is 5.41 Å². The summed E-state index contributed by atoms with van der Waals surface area (Å²) in [5.74, 6) is -0.0532. The number of amides is 1. The van der Waals surface area contributed by atoms with E-state index in [2.05, 4.69) is 31.4 Å². The highest BCUT2D eigenvalue weighted by molar-refractivity contribution is 5.82. The molecule has 0 radical (unpaired) electrons. The summed E-state index contributed by atoms with van der Waals surface area (Å²) in [4.78, 5) is 11.8. The van der Waals surface area contributed by atoms with Crippen molar-refractivity contribution in [2.75, 3.05) is 20.2 Å². The van der Waals surface area contributed by atoms with Crippen LogP contribution in [0.1, 0.15) is 33.6 Å². The Morgan fingerprint density at radius 3 is 2.72 bits per heavy atom. The second kappa shape index (κ2) is 6.50. The zero-order valence-electron chi connectivity index (χ0n) is 11.8. The zero-order valence-corrected chi connectivity index (χ0v) is 11.8. The van der Waals surface area contributed by atoms with Gasteiger partial charge in [-0.3, -0.25) is 4.79 Å². The smallest absolute Gasteiger partial charge is 0.237 e. The number of hydrogen-bond acceptors (Lipinski definition) is 4. The molecule has 0 bridgehead atoms. The quantitative estimate of drug-likeness (QED) is 0.662. The first-order valence-electron chi connectivity index (χ1n) is 6.54. The van der Waals surface area contributed by atoms with Gasteiger partial charge in [-0.05, 0) is 18.3 Å². The maximum absolute atomic E-state index is 11.8. The lowest BCUT2D eigenvalue weighted by Gasteiger charge is -2.23. The monoisotopic (exact) mass is 258 g/mol. The minimum absolute atomic E-state index is 0.0532. The number of methoxy groups -OCH3 is 1. The molecule has 1 aliphatic rings. The largest absolute Gasteiger partial charge is 0.391 e. The van der Waals surface area contributed by atoms with Crippen LogP contribution in [0.15, 0.2) is 0 Å². The number of hydrogen-bond donors (Lipinski definition) is 3. The number of carbonyl (C=O) groups is 1. The van der Waals surface area contributed by atoms with Gasteiger partial charge in [-0.15, -0.1) is 0 Å². The van der Waals surface area contributed by atoms with E-state index in [0.29, 0.717) is 25.9 Å². The topological polar surface area (TPSA) is 70.6 Å². The van der Waals surface area contributed by atoms with E-state index in [1.54, 1.807) is 7.11 Å². The molecule has 0 aromatic heterocycles. The number of aliphatic hydroxyl groups is 1. The fourth-order valence-electron chi connectivity index (χ4n) is 2.20. The molecule has 3 N–H and O–H groups in total. The van der Waals surface area contributed by atoms with Gasteiger partial charge in [0.15, 0.2) is 0 Å². The van der Waals surface area contributed by atoms with Crippen molar-refractivity contribution in [3.8, 4) is 0 Å². The van der Waals surface area contributed by atoms with Crippen molar-refractivity contribution in [2.45, 2.75) is 51.9 Å². The predicted molar refractivity (Wildman–Crippen MR) is 70.3 cm³/mol. The van der Waals surface area contributed by atoms with E-state index in [9.17, 15) is 9.90 Å². The van der Waals surface area contributed by atoms with Crippen LogP contribution >= 0.6 is 0 Å². The molecule has 5 nitrogen and oxygen atoms in total. The third kappa shape index (κ3) is 5.33. The predicted octanol–water partition coefficient (Wildman–Crippen LogP) is 0.277. The Hall–Kier alpha value is -0.650. The van der Waals surface area contributed by atoms with Crippen LogP contribution in [0.2, 0.25) is 0 Å². The van der Waals surface area contributed by atoms with Gasteiger partial charge >= 0.3 is 0 Å². The first-order chi connectivity index (χ1) is 8.31. The lowest BCUT2D eigenvalue weighted by Crippen LogP contribution is -2.43. The number of rotatable bonds is 5. The molecular formula is C13H26N2O3. The lowest BCUT2D eigenvalue weighted by molar-refractivity contribution is -0.123. The number of carbonyl (C=O) groups excluding carboxylic acids is 1. The van der Waals surface area contributed by atoms with E-state index in [0.717, 1.165) is 0 Å². The van der Waals surface area contributed by atoms with E-state index >= 15 is 0 Å². The number of aliphatic hydroxyl groups excluding tert-OH is 1. The van der Waals surface area contributed by atoms with Crippen LogP contribution in [0.5, 0.6) is 0 Å². The Balaban J connectivity index is 2.25. The molecule has 3 atom stereocenters. The molecule has 5 heteroatoms. The molecule has 1 aliphatic heterocycles. The molecule has 1 saturated heterocycles. The number of nitrogens with one attached hydrogen (secondary N) is 2. The van der Waals surface area contributed by atoms with Crippen molar-refractivity contribution in [3.05, 3.63) is 0 Å². The third-order valence-electron chi connectivity index (χ3n) is 3.10. The van der Waals surface area contributed by atoms with Crippen LogP contribution in [0, 0.1) is 5.41 Å². The summed E-state index contributed by atoms with van der Waals surface area (Å²) in [5.41, 5.74) is 0.0664. The number of ether oxygens (including phenoxy) is 1. The summed E-state index contributed by atoms with van der Waals surface area (Å²) in [6.07, 6.45) is 0.984. The highest BCUT2D eigenvalue weighted by Gasteiger charge is 2.29. The van der Waals surface area contributed by atoms with Gasteiger partial charge in [-0.2, -0.15) is 0 Å². The molecule has 1 amide bonds. The molecule has 0 saturated carbocycles. The van der Waals surface area contributed by atoms with Crippen LogP contribution in [0.3, 0.4) is 0 Å². The molecule has 1 fully saturated rings. The van der Waals surface area contributed by atoms with Gasteiger partial charge in [-0.1, -0.05) is 20.8 Å². The van der Waals surface area contributed by atoms with Gasteiger partial charge in [0.1, 0.15) is 0 Å². The highest BCUT2D eigenvalue weighted by atomic mass is 16.5. The summed E-state index contributed by atoms with van der Waals surface area (Å²) in [7, 11) is 1.65. The summed E-state index contributed by atoms with van der Waals surface area (Å²) >= 11 is 0. The van der Waals surface area contributed by atoms with Crippen molar-refractivity contribution in [3.63, 3.8) is 0 Å². The Morgan fingerprint density at radius 1 is 1.56 bits per heavy atom. The fraction of sp³-hybridized carbons (Fsp3) is 0.923. The van der Waals surface area contributed by atoms with E-state index in [4.69, 9.17) is 4.74 Å². The average Bonchev–Trinajstić information content (AvgIpc) is 2.72. The van der Waals surface area contributed by atoms with Crippen LogP contribution in [-0.4, -0.2) is 49.5 Å². The molecule has 0 aliphatic carbocycles. The van der Waals surface area contributed by atoms with Gasteiger partial charge < -0.3 is 20.5 Å². The molecule has 0 aromatic rings. The average molecular weight is 258 g/mol. The molecule has 3 unspecified atom stereocenters. The standard InChI is InChI=1S/C13H26N2O3/c1-13(2,3)6-9(16)7-15-12(17)11-5-10(18-4)8-14-11/h9-11,14,16H,5-8H2,1-4H3,(H,15,17). The van der Waals surface area contributed by atoms with Gasteiger partial charge in [0, 0.05) is 20.2 Å². The minimum Gasteiger partial charge on any atom is -0.391 e. The summed E-state index contributed by atoms with van der Waals surface area (Å²) in [5, 5.41) is 15.7. The van der Waals surface area contributed by atoms with Crippen LogP contribution in [0.25, 0.3) is 0 Å². The van der Waals surface area contributed by atoms with Gasteiger partial charge in [0.05, 0.1) is 18.2 Å². The molecular weight excluding hydrogens is 232 g/mol. The van der Waals surface area contributed by atoms with Crippen molar-refractivity contribution in [1.82, 2.24) is 10.6 Å². The minimum atomic E-state index is -0.492. The van der Waals surface area contributed by atoms with Crippen LogP contribution in [0.4, 0.5) is 0 Å². The highest BCUT2D eigenvalue weighted by Crippen LogP contribution is 2.20.